The number of thiophene rings is 1. The van der Waals surface area contributed by atoms with Crippen molar-refractivity contribution in [2.75, 3.05) is 46.0 Å². The molecular formula is C26H31FN2O4S. The number of carbonyl (C=O) groups excluding carboxylic acids is 1. The van der Waals surface area contributed by atoms with E-state index in [-0.39, 0.29) is 44.1 Å². The lowest BCUT2D eigenvalue weighted by Gasteiger charge is -2.37. The molecule has 6 nitrogen and oxygen atoms in total. The second-order valence-electron chi connectivity index (χ2n) is 8.93. The maximum absolute atomic E-state index is 13.6. The number of aliphatic hydroxyl groups excluding tert-OH is 1. The van der Waals surface area contributed by atoms with Crippen LogP contribution in [0.5, 0.6) is 5.75 Å². The standard InChI is InChI=1S/C26H31FN2O4S/c1-2-11-32-17-21(30)15-28(14-19-6-7-19)16-26(31)29-10-8-25-23(9-12-34-25)24(29)18-33-22-5-3-4-20(27)13-22/h1,3-5,9,12-13,19,21,24,30H,6-8,10-11,14-18H2/t21-,24+/m1/s1. The first-order valence-corrected chi connectivity index (χ1v) is 12.6. The Hall–Kier alpha value is -2.44. The number of amides is 1. The maximum atomic E-state index is 13.6. The molecule has 1 amide bonds. The SMILES string of the molecule is C#CCOC[C@H](O)CN(CC(=O)N1CCc2sccc2[C@@H]1COc1cccc(F)c1)CC1CC1. The molecule has 2 atom stereocenters. The van der Waals surface area contributed by atoms with Crippen molar-refractivity contribution in [3.05, 3.63) is 52.0 Å². The van der Waals surface area contributed by atoms with Crippen molar-refractivity contribution in [1.82, 2.24) is 9.80 Å². The van der Waals surface area contributed by atoms with Crippen molar-refractivity contribution >= 4 is 17.2 Å². The van der Waals surface area contributed by atoms with E-state index in [1.165, 1.54) is 17.0 Å². The van der Waals surface area contributed by atoms with Crippen molar-refractivity contribution in [2.24, 2.45) is 5.92 Å². The van der Waals surface area contributed by atoms with Gasteiger partial charge in [-0.25, -0.2) is 4.39 Å². The molecule has 34 heavy (non-hydrogen) atoms. The molecule has 2 aromatic rings. The number of terminal acetylenes is 1. The highest BCUT2D eigenvalue weighted by molar-refractivity contribution is 7.10. The van der Waals surface area contributed by atoms with Crippen LogP contribution in [0, 0.1) is 24.1 Å². The Bertz CT molecular complexity index is 1000. The number of benzene rings is 1. The van der Waals surface area contributed by atoms with Crippen LogP contribution in [0.1, 0.15) is 29.3 Å². The van der Waals surface area contributed by atoms with Gasteiger partial charge in [0, 0.05) is 30.6 Å². The van der Waals surface area contributed by atoms with Gasteiger partial charge in [0.15, 0.2) is 0 Å². The van der Waals surface area contributed by atoms with Crippen molar-refractivity contribution < 1.29 is 23.8 Å². The zero-order chi connectivity index (χ0) is 23.9. The molecule has 0 saturated heterocycles. The Morgan fingerprint density at radius 2 is 2.24 bits per heavy atom. The van der Waals surface area contributed by atoms with Gasteiger partial charge in [-0.05, 0) is 54.3 Å². The Morgan fingerprint density at radius 3 is 3.00 bits per heavy atom. The lowest BCUT2D eigenvalue weighted by atomic mass is 10.0. The molecule has 1 N–H and O–H groups in total. The molecule has 2 heterocycles. The molecular weight excluding hydrogens is 455 g/mol. The van der Waals surface area contributed by atoms with E-state index < -0.39 is 6.10 Å². The predicted molar refractivity (Wildman–Crippen MR) is 129 cm³/mol. The van der Waals surface area contributed by atoms with Crippen LogP contribution >= 0.6 is 11.3 Å². The number of carbonyl (C=O) groups is 1. The Balaban J connectivity index is 1.42. The van der Waals surface area contributed by atoms with Crippen LogP contribution < -0.4 is 4.74 Å². The van der Waals surface area contributed by atoms with Crippen LogP contribution in [-0.4, -0.2) is 72.9 Å². The number of aliphatic hydroxyl groups is 1. The summed E-state index contributed by atoms with van der Waals surface area (Å²) in [5.41, 5.74) is 1.09. The van der Waals surface area contributed by atoms with Crippen LogP contribution in [-0.2, 0) is 16.0 Å². The molecule has 1 aliphatic carbocycles. The van der Waals surface area contributed by atoms with Gasteiger partial charge in [-0.1, -0.05) is 12.0 Å². The molecule has 1 fully saturated rings. The smallest absolute Gasteiger partial charge is 0.237 e. The van der Waals surface area contributed by atoms with Gasteiger partial charge in [-0.2, -0.15) is 0 Å². The van der Waals surface area contributed by atoms with Crippen LogP contribution in [0.3, 0.4) is 0 Å². The average Bonchev–Trinajstić information content (AvgIpc) is 3.49. The van der Waals surface area contributed by atoms with Crippen LogP contribution in [0.2, 0.25) is 0 Å². The normalized spacial score (nSPS) is 18.4. The minimum atomic E-state index is -0.711. The van der Waals surface area contributed by atoms with E-state index in [1.54, 1.807) is 23.5 Å². The number of fused-ring (bicyclic) bond motifs is 1. The molecule has 2 aliphatic rings. The average molecular weight is 487 g/mol. The summed E-state index contributed by atoms with van der Waals surface area (Å²) in [5, 5.41) is 12.4. The monoisotopic (exact) mass is 486 g/mol. The third kappa shape index (κ3) is 6.80. The molecule has 0 radical (unpaired) electrons. The maximum Gasteiger partial charge on any atom is 0.237 e. The third-order valence-corrected chi connectivity index (χ3v) is 7.15. The van der Waals surface area contributed by atoms with E-state index in [0.717, 1.165) is 31.4 Å². The van der Waals surface area contributed by atoms with Crippen molar-refractivity contribution in [3.8, 4) is 18.1 Å². The highest BCUT2D eigenvalue weighted by Gasteiger charge is 2.34. The minimum absolute atomic E-state index is 0.00193. The van der Waals surface area contributed by atoms with E-state index in [4.69, 9.17) is 15.9 Å². The molecule has 8 heteroatoms. The molecule has 1 aromatic carbocycles. The van der Waals surface area contributed by atoms with Crippen LogP contribution in [0.4, 0.5) is 4.39 Å². The molecule has 4 rings (SSSR count). The second-order valence-corrected chi connectivity index (χ2v) is 9.93. The molecule has 182 valence electrons. The molecule has 0 spiro atoms. The number of rotatable bonds is 12. The fourth-order valence-electron chi connectivity index (χ4n) is 4.36. The summed E-state index contributed by atoms with van der Waals surface area (Å²) >= 11 is 1.69. The van der Waals surface area contributed by atoms with E-state index in [0.29, 0.717) is 24.8 Å². The zero-order valence-electron chi connectivity index (χ0n) is 19.2. The van der Waals surface area contributed by atoms with Gasteiger partial charge >= 0.3 is 0 Å². The summed E-state index contributed by atoms with van der Waals surface area (Å²) in [5.74, 6) is 3.06. The first-order chi connectivity index (χ1) is 16.5. The van der Waals surface area contributed by atoms with Gasteiger partial charge in [-0.3, -0.25) is 9.69 Å². The topological polar surface area (TPSA) is 62.2 Å². The third-order valence-electron chi connectivity index (χ3n) is 6.16. The highest BCUT2D eigenvalue weighted by atomic mass is 32.1. The lowest BCUT2D eigenvalue weighted by molar-refractivity contribution is -0.136. The molecule has 0 bridgehead atoms. The van der Waals surface area contributed by atoms with Crippen molar-refractivity contribution in [1.29, 1.82) is 0 Å². The van der Waals surface area contributed by atoms with Gasteiger partial charge in [0.1, 0.15) is 24.8 Å². The number of nitrogens with zero attached hydrogens (tertiary/aromatic N) is 2. The number of hydrogen-bond acceptors (Lipinski definition) is 6. The quantitative estimate of drug-likeness (QED) is 0.369. The van der Waals surface area contributed by atoms with Gasteiger partial charge < -0.3 is 19.5 Å². The Morgan fingerprint density at radius 1 is 1.38 bits per heavy atom. The summed E-state index contributed by atoms with van der Waals surface area (Å²) in [6, 6.07) is 7.86. The molecule has 0 unspecified atom stereocenters. The van der Waals surface area contributed by atoms with E-state index in [9.17, 15) is 14.3 Å². The number of ether oxygens (including phenoxy) is 2. The minimum Gasteiger partial charge on any atom is -0.491 e. The fraction of sp³-hybridized carbons (Fsp3) is 0.500. The Labute approximate surface area is 204 Å². The lowest BCUT2D eigenvalue weighted by Crippen LogP contribution is -2.48. The molecule has 1 aromatic heterocycles. The van der Waals surface area contributed by atoms with Gasteiger partial charge in [0.05, 0.1) is 25.3 Å². The fourth-order valence-corrected chi connectivity index (χ4v) is 5.29. The largest absolute Gasteiger partial charge is 0.491 e. The van der Waals surface area contributed by atoms with E-state index in [2.05, 4.69) is 5.92 Å². The summed E-state index contributed by atoms with van der Waals surface area (Å²) in [7, 11) is 0. The second kappa shape index (κ2) is 11.8. The van der Waals surface area contributed by atoms with E-state index >= 15 is 0 Å². The van der Waals surface area contributed by atoms with Crippen molar-refractivity contribution in [2.45, 2.75) is 31.4 Å². The first-order valence-electron chi connectivity index (χ1n) is 11.7. The predicted octanol–water partition coefficient (Wildman–Crippen LogP) is 3.11. The number of hydrogen-bond donors (Lipinski definition) is 1. The molecule has 1 aliphatic heterocycles. The Kier molecular flexibility index (Phi) is 8.57. The van der Waals surface area contributed by atoms with E-state index in [1.807, 2.05) is 21.2 Å². The molecule has 1 saturated carbocycles. The zero-order valence-corrected chi connectivity index (χ0v) is 20.0. The summed E-state index contributed by atoms with van der Waals surface area (Å²) < 4.78 is 24.8. The van der Waals surface area contributed by atoms with Gasteiger partial charge in [0.25, 0.3) is 0 Å². The van der Waals surface area contributed by atoms with Gasteiger partial charge in [0.2, 0.25) is 5.91 Å². The summed E-state index contributed by atoms with van der Waals surface area (Å²) in [6.07, 6.45) is 7.60. The van der Waals surface area contributed by atoms with Gasteiger partial charge in [-0.15, -0.1) is 17.8 Å². The summed E-state index contributed by atoms with van der Waals surface area (Å²) in [4.78, 5) is 18.6. The highest BCUT2D eigenvalue weighted by Crippen LogP contribution is 2.34. The van der Waals surface area contributed by atoms with Crippen LogP contribution in [0.25, 0.3) is 0 Å². The number of halogens is 1. The van der Waals surface area contributed by atoms with Crippen LogP contribution in [0.15, 0.2) is 35.7 Å². The first kappa shape index (κ1) is 24.7. The summed E-state index contributed by atoms with van der Waals surface area (Å²) in [6.45, 7) is 2.51. The van der Waals surface area contributed by atoms with Crippen molar-refractivity contribution in [3.63, 3.8) is 0 Å².